The number of nitrogens with zero attached hydrogens (tertiary/aromatic N) is 3. The highest BCUT2D eigenvalue weighted by atomic mass is 16.7. The second-order valence-corrected chi connectivity index (χ2v) is 8.09. The van der Waals surface area contributed by atoms with Crippen LogP contribution in [0, 0.1) is 0 Å². The topological polar surface area (TPSA) is 51.6 Å². The third-order valence-electron chi connectivity index (χ3n) is 5.77. The monoisotopic (exact) mass is 342 g/mol. The maximum atomic E-state index is 6.19. The predicted octanol–water partition coefficient (Wildman–Crippen LogP) is 1.63. The average molecular weight is 342 g/mol. The van der Waals surface area contributed by atoms with Gasteiger partial charge in [0.25, 0.3) is 0 Å². The van der Waals surface area contributed by atoms with E-state index in [1.165, 1.54) is 5.39 Å². The van der Waals surface area contributed by atoms with Crippen LogP contribution in [0.1, 0.15) is 34.1 Å². The number of benzene rings is 1. The Morgan fingerprint density at radius 1 is 1.16 bits per heavy atom. The van der Waals surface area contributed by atoms with Crippen LogP contribution >= 0.6 is 0 Å². The van der Waals surface area contributed by atoms with E-state index in [1.807, 2.05) is 11.7 Å². The summed E-state index contributed by atoms with van der Waals surface area (Å²) < 4.78 is 14.3. The Balaban J connectivity index is 1.69. The molecule has 0 spiro atoms. The number of rotatable bonds is 2. The van der Waals surface area contributed by atoms with Crippen molar-refractivity contribution in [3.05, 3.63) is 18.2 Å². The van der Waals surface area contributed by atoms with Crippen molar-refractivity contribution >= 4 is 29.3 Å². The van der Waals surface area contributed by atoms with Gasteiger partial charge < -0.3 is 14.2 Å². The number of hydrogen-bond acceptors (Lipinski definition) is 5. The van der Waals surface area contributed by atoms with Gasteiger partial charge >= 0.3 is 7.12 Å². The lowest BCUT2D eigenvalue weighted by Crippen LogP contribution is -2.41. The van der Waals surface area contributed by atoms with Crippen molar-refractivity contribution in [3.63, 3.8) is 0 Å². The van der Waals surface area contributed by atoms with Crippen molar-refractivity contribution in [1.82, 2.24) is 15.1 Å². The molecule has 6 nitrogen and oxygen atoms in total. The highest BCUT2D eigenvalue weighted by Gasteiger charge is 2.51. The molecule has 2 saturated heterocycles. The van der Waals surface area contributed by atoms with E-state index in [1.54, 1.807) is 0 Å². The molecule has 2 aromatic rings. The van der Waals surface area contributed by atoms with Crippen molar-refractivity contribution in [2.45, 2.75) is 45.3 Å². The van der Waals surface area contributed by atoms with E-state index in [2.05, 4.69) is 56.1 Å². The molecule has 7 heteroatoms. The summed E-state index contributed by atoms with van der Waals surface area (Å²) in [6.45, 7) is 11.3. The summed E-state index contributed by atoms with van der Waals surface area (Å²) in [5.41, 5.74) is 1.48. The number of fused-ring (bicyclic) bond motifs is 1. The molecule has 2 aliphatic rings. The van der Waals surface area contributed by atoms with Gasteiger partial charge in [0.15, 0.2) is 5.82 Å². The average Bonchev–Trinajstić information content (AvgIpc) is 3.01. The van der Waals surface area contributed by atoms with E-state index < -0.39 is 0 Å². The minimum atomic E-state index is -0.343. The summed E-state index contributed by atoms with van der Waals surface area (Å²) in [6, 6.07) is 6.39. The summed E-state index contributed by atoms with van der Waals surface area (Å²) >= 11 is 0. The van der Waals surface area contributed by atoms with Gasteiger partial charge in [-0.05, 0) is 58.3 Å². The summed E-state index contributed by atoms with van der Waals surface area (Å²) in [4.78, 5) is 2.31. The van der Waals surface area contributed by atoms with Crippen LogP contribution in [0.25, 0.3) is 10.9 Å². The zero-order valence-electron chi connectivity index (χ0n) is 15.8. The van der Waals surface area contributed by atoms with E-state index in [9.17, 15) is 0 Å². The van der Waals surface area contributed by atoms with Crippen molar-refractivity contribution in [3.8, 4) is 0 Å². The molecule has 0 aliphatic carbocycles. The van der Waals surface area contributed by atoms with E-state index >= 15 is 0 Å². The van der Waals surface area contributed by atoms with Gasteiger partial charge in [0.2, 0.25) is 0 Å². The van der Waals surface area contributed by atoms with E-state index in [4.69, 9.17) is 14.4 Å². The minimum absolute atomic E-state index is 0.330. The molecule has 4 rings (SSSR count). The lowest BCUT2D eigenvalue weighted by Gasteiger charge is -2.32. The molecule has 2 aliphatic heterocycles. The lowest BCUT2D eigenvalue weighted by atomic mass is 9.79. The van der Waals surface area contributed by atoms with Crippen LogP contribution in [-0.4, -0.2) is 47.9 Å². The Labute approximate surface area is 149 Å². The fraction of sp³-hybridized carbons (Fsp3) is 0.611. The molecule has 134 valence electrons. The van der Waals surface area contributed by atoms with Gasteiger partial charge in [0.1, 0.15) is 0 Å². The molecule has 2 fully saturated rings. The van der Waals surface area contributed by atoms with Gasteiger partial charge in [0.05, 0.1) is 23.4 Å². The summed E-state index contributed by atoms with van der Waals surface area (Å²) in [7, 11) is 1.65. The van der Waals surface area contributed by atoms with Crippen molar-refractivity contribution < 1.29 is 9.31 Å². The molecule has 3 heterocycles. The fourth-order valence-electron chi connectivity index (χ4n) is 3.48. The molecule has 1 aromatic carbocycles. The number of anilines is 1. The largest absolute Gasteiger partial charge is 0.494 e. The van der Waals surface area contributed by atoms with Gasteiger partial charge in [-0.3, -0.25) is 10.00 Å². The molecule has 0 unspecified atom stereocenters. The van der Waals surface area contributed by atoms with Crippen molar-refractivity contribution in [2.75, 3.05) is 24.7 Å². The zero-order valence-corrected chi connectivity index (χ0v) is 15.8. The van der Waals surface area contributed by atoms with Crippen LogP contribution < -0.4 is 15.7 Å². The summed E-state index contributed by atoms with van der Waals surface area (Å²) in [5.74, 6) is 1.05. The maximum Gasteiger partial charge on any atom is 0.494 e. The van der Waals surface area contributed by atoms with Crippen molar-refractivity contribution in [1.29, 1.82) is 0 Å². The Hall–Kier alpha value is -1.57. The Bertz CT molecular complexity index is 780. The Morgan fingerprint density at radius 2 is 1.88 bits per heavy atom. The van der Waals surface area contributed by atoms with Gasteiger partial charge in [0, 0.05) is 19.0 Å². The zero-order chi connectivity index (χ0) is 17.8. The van der Waals surface area contributed by atoms with Gasteiger partial charge in [-0.15, -0.1) is 0 Å². The summed E-state index contributed by atoms with van der Waals surface area (Å²) in [6.07, 6.45) is 1.14. The van der Waals surface area contributed by atoms with Crippen LogP contribution in [0.5, 0.6) is 0 Å². The van der Waals surface area contributed by atoms with Crippen LogP contribution in [0.2, 0.25) is 0 Å². The van der Waals surface area contributed by atoms with E-state index in [0.717, 1.165) is 43.0 Å². The van der Waals surface area contributed by atoms with Crippen LogP contribution in [0.15, 0.2) is 18.2 Å². The smallest absolute Gasteiger partial charge is 0.399 e. The molecule has 0 atom stereocenters. The fourth-order valence-corrected chi connectivity index (χ4v) is 3.48. The third kappa shape index (κ3) is 2.74. The van der Waals surface area contributed by atoms with Gasteiger partial charge in [-0.1, -0.05) is 6.07 Å². The van der Waals surface area contributed by atoms with Crippen LogP contribution in [-0.2, 0) is 16.4 Å². The number of hydrogen-bond donors (Lipinski definition) is 1. The SMILES string of the molecule is Cn1nc(N2CCCNC2)c2ccc(B3OC(C)(C)C(C)(C)O3)cc21. The highest BCUT2D eigenvalue weighted by molar-refractivity contribution is 6.62. The molecule has 0 bridgehead atoms. The summed E-state index contributed by atoms with van der Waals surface area (Å²) in [5, 5.41) is 9.35. The first-order valence-corrected chi connectivity index (χ1v) is 9.06. The molecule has 1 aromatic heterocycles. The number of aromatic nitrogens is 2. The molecular weight excluding hydrogens is 315 g/mol. The maximum absolute atomic E-state index is 6.19. The minimum Gasteiger partial charge on any atom is -0.399 e. The second-order valence-electron chi connectivity index (χ2n) is 8.09. The Kier molecular flexibility index (Phi) is 3.86. The highest BCUT2D eigenvalue weighted by Crippen LogP contribution is 2.37. The van der Waals surface area contributed by atoms with Crippen LogP contribution in [0.4, 0.5) is 5.82 Å². The predicted molar refractivity (Wildman–Crippen MR) is 101 cm³/mol. The van der Waals surface area contributed by atoms with Gasteiger partial charge in [-0.2, -0.15) is 5.10 Å². The standard InChI is InChI=1S/C18H27BN4O2/c1-17(2)18(3,4)25-19(24-17)13-7-8-14-15(11-13)22(5)21-16(14)23-10-6-9-20-12-23/h7-8,11,20H,6,9-10,12H2,1-5H3. The first-order valence-electron chi connectivity index (χ1n) is 9.06. The Morgan fingerprint density at radius 3 is 2.52 bits per heavy atom. The normalized spacial score (nSPS) is 22.8. The number of aryl methyl sites for hydroxylation is 1. The molecular formula is C18H27BN4O2. The molecule has 0 radical (unpaired) electrons. The van der Waals surface area contributed by atoms with E-state index in [-0.39, 0.29) is 18.3 Å². The molecule has 0 amide bonds. The quantitative estimate of drug-likeness (QED) is 0.841. The third-order valence-corrected chi connectivity index (χ3v) is 5.77. The molecule has 1 N–H and O–H groups in total. The molecule has 25 heavy (non-hydrogen) atoms. The number of nitrogens with one attached hydrogen (secondary N) is 1. The van der Waals surface area contributed by atoms with Crippen LogP contribution in [0.3, 0.4) is 0 Å². The van der Waals surface area contributed by atoms with Gasteiger partial charge in [-0.25, -0.2) is 0 Å². The second kappa shape index (κ2) is 5.72. The van der Waals surface area contributed by atoms with E-state index in [0.29, 0.717) is 0 Å². The first-order chi connectivity index (χ1) is 11.8. The first kappa shape index (κ1) is 16.9. The van der Waals surface area contributed by atoms with Crippen molar-refractivity contribution in [2.24, 2.45) is 7.05 Å². The lowest BCUT2D eigenvalue weighted by molar-refractivity contribution is 0.00578. The molecule has 0 saturated carbocycles.